The van der Waals surface area contributed by atoms with E-state index >= 15 is 0 Å². The van der Waals surface area contributed by atoms with E-state index in [9.17, 15) is 8.42 Å². The maximum Gasteiger partial charge on any atom is 0.253 e. The Bertz CT molecular complexity index is 216. The van der Waals surface area contributed by atoms with Crippen LogP contribution in [0.4, 0.5) is 0 Å². The third kappa shape index (κ3) is 0.894. The molecule has 0 bridgehead atoms. The minimum Gasteiger partial charge on any atom is -0.453 e. The van der Waals surface area contributed by atoms with E-state index in [1.54, 1.807) is 6.08 Å². The van der Waals surface area contributed by atoms with Gasteiger partial charge in [0, 0.05) is 6.42 Å². The minimum absolute atomic E-state index is 0.102. The first-order valence-electron chi connectivity index (χ1n) is 2.07. The van der Waals surface area contributed by atoms with Gasteiger partial charge in [-0.2, -0.15) is 8.42 Å². The summed E-state index contributed by atoms with van der Waals surface area (Å²) in [5.74, 6) is 0. The van der Waals surface area contributed by atoms with Crippen LogP contribution >= 0.6 is 0 Å². The van der Waals surface area contributed by atoms with Gasteiger partial charge >= 0.3 is 0 Å². The van der Waals surface area contributed by atoms with Crippen molar-refractivity contribution in [1.29, 1.82) is 0 Å². The van der Waals surface area contributed by atoms with Gasteiger partial charge in [0.25, 0.3) is 10.3 Å². The second-order valence-electron chi connectivity index (χ2n) is 1.30. The van der Waals surface area contributed by atoms with E-state index in [0.29, 0.717) is 6.42 Å². The Kier molecular flexibility index (Phi) is 1.34. The number of hydrogen-bond acceptors (Lipinski definition) is 3. The van der Waals surface area contributed by atoms with E-state index in [1.165, 1.54) is 6.26 Å². The van der Waals surface area contributed by atoms with Crippen molar-refractivity contribution < 1.29 is 13.2 Å². The predicted octanol–water partition coefficient (Wildman–Crippen LogP) is -0.0706. The number of rotatable bonds is 0. The van der Waals surface area contributed by atoms with Crippen LogP contribution in [0.5, 0.6) is 0 Å². The number of ether oxygens (including phenoxy) is 1. The largest absolute Gasteiger partial charge is 0.453 e. The summed E-state index contributed by atoms with van der Waals surface area (Å²) in [5.41, 5.74) is 0. The van der Waals surface area contributed by atoms with Gasteiger partial charge in [0.2, 0.25) is 5.05 Å². The van der Waals surface area contributed by atoms with Crippen molar-refractivity contribution in [2.45, 2.75) is 6.42 Å². The summed E-state index contributed by atoms with van der Waals surface area (Å²) < 4.78 is 24.5. The Balaban J connectivity index is 2.96. The standard InChI is InChI=1S/C4H4O3S/c5-8(6)4-2-1-3-7-4/h1,3H,2H2. The second-order valence-corrected chi connectivity index (χ2v) is 2.23. The molecule has 8 heavy (non-hydrogen) atoms. The van der Waals surface area contributed by atoms with Gasteiger partial charge < -0.3 is 4.74 Å². The van der Waals surface area contributed by atoms with E-state index < -0.39 is 10.3 Å². The van der Waals surface area contributed by atoms with Crippen molar-refractivity contribution in [2.24, 2.45) is 0 Å². The molecule has 3 nitrogen and oxygen atoms in total. The van der Waals surface area contributed by atoms with E-state index in [0.717, 1.165) is 0 Å². The average Bonchev–Trinajstić information content (AvgIpc) is 2.12. The molecule has 4 heteroatoms. The highest BCUT2D eigenvalue weighted by molar-refractivity contribution is 7.72. The molecule has 0 saturated carbocycles. The van der Waals surface area contributed by atoms with Crippen LogP contribution in [-0.2, 0) is 15.0 Å². The van der Waals surface area contributed by atoms with Crippen LogP contribution in [0.1, 0.15) is 6.42 Å². The summed E-state index contributed by atoms with van der Waals surface area (Å²) >= 11 is 0. The molecule has 0 amide bonds. The van der Waals surface area contributed by atoms with Gasteiger partial charge in [0.1, 0.15) is 0 Å². The molecular formula is C4H4O3S. The molecule has 1 aliphatic rings. The fourth-order valence-corrected chi connectivity index (χ4v) is 0.790. The maximum absolute atomic E-state index is 10.00. The lowest BCUT2D eigenvalue weighted by Crippen LogP contribution is -1.92. The molecule has 0 aliphatic carbocycles. The lowest BCUT2D eigenvalue weighted by molar-refractivity contribution is 0.491. The van der Waals surface area contributed by atoms with Crippen molar-refractivity contribution >= 4 is 15.3 Å². The van der Waals surface area contributed by atoms with E-state index in [1.807, 2.05) is 0 Å². The lowest BCUT2D eigenvalue weighted by Gasteiger charge is -1.83. The SMILES string of the molecule is O=S(=O)=C1CC=CO1. The zero-order valence-electron chi connectivity index (χ0n) is 3.99. The topological polar surface area (TPSA) is 43.4 Å². The molecule has 0 spiro atoms. The van der Waals surface area contributed by atoms with Crippen LogP contribution in [0, 0.1) is 0 Å². The van der Waals surface area contributed by atoms with Crippen LogP contribution in [0.2, 0.25) is 0 Å². The van der Waals surface area contributed by atoms with Crippen LogP contribution < -0.4 is 0 Å². The Morgan fingerprint density at radius 2 is 2.38 bits per heavy atom. The molecule has 0 saturated heterocycles. The fourth-order valence-electron chi connectivity index (χ4n) is 0.424. The molecule has 0 aromatic carbocycles. The van der Waals surface area contributed by atoms with E-state index in [4.69, 9.17) is 0 Å². The highest BCUT2D eigenvalue weighted by Crippen LogP contribution is 1.98. The van der Waals surface area contributed by atoms with Crippen LogP contribution in [0.25, 0.3) is 0 Å². The first kappa shape index (κ1) is 5.37. The molecule has 0 unspecified atom stereocenters. The first-order chi connectivity index (χ1) is 3.80. The number of hydrogen-bond donors (Lipinski definition) is 0. The highest BCUT2D eigenvalue weighted by atomic mass is 32.2. The van der Waals surface area contributed by atoms with Gasteiger partial charge in [-0.15, -0.1) is 0 Å². The summed E-state index contributed by atoms with van der Waals surface area (Å²) in [7, 11) is -2.16. The molecule has 0 aromatic rings. The molecule has 1 rings (SSSR count). The van der Waals surface area contributed by atoms with Gasteiger partial charge in [-0.1, -0.05) is 0 Å². The van der Waals surface area contributed by atoms with E-state index in [2.05, 4.69) is 4.74 Å². The lowest BCUT2D eigenvalue weighted by atomic mass is 10.5. The highest BCUT2D eigenvalue weighted by Gasteiger charge is 2.02. The smallest absolute Gasteiger partial charge is 0.253 e. The summed E-state index contributed by atoms with van der Waals surface area (Å²) in [5, 5.41) is 0.102. The van der Waals surface area contributed by atoms with Crippen molar-refractivity contribution in [3.63, 3.8) is 0 Å². The summed E-state index contributed by atoms with van der Waals surface area (Å²) in [6.45, 7) is 0. The molecule has 1 heterocycles. The maximum atomic E-state index is 10.00. The molecule has 1 aliphatic heterocycles. The normalized spacial score (nSPS) is 16.2. The molecule has 0 aromatic heterocycles. The quantitative estimate of drug-likeness (QED) is 0.433. The zero-order valence-corrected chi connectivity index (χ0v) is 4.81. The molecule has 44 valence electrons. The first-order valence-corrected chi connectivity index (χ1v) is 3.15. The van der Waals surface area contributed by atoms with Crippen molar-refractivity contribution in [3.8, 4) is 0 Å². The molecule has 0 atom stereocenters. The molecule has 0 radical (unpaired) electrons. The summed E-state index contributed by atoms with van der Waals surface area (Å²) in [6, 6.07) is 0. The van der Waals surface area contributed by atoms with Crippen LogP contribution in [0.3, 0.4) is 0 Å². The van der Waals surface area contributed by atoms with Crippen LogP contribution in [-0.4, -0.2) is 13.5 Å². The van der Waals surface area contributed by atoms with Gasteiger partial charge in [-0.25, -0.2) is 0 Å². The predicted molar refractivity (Wildman–Crippen MR) is 28.8 cm³/mol. The molecular weight excluding hydrogens is 128 g/mol. The molecule has 0 fully saturated rings. The van der Waals surface area contributed by atoms with Crippen LogP contribution in [0.15, 0.2) is 12.3 Å². The van der Waals surface area contributed by atoms with Crippen molar-refractivity contribution in [2.75, 3.05) is 0 Å². The van der Waals surface area contributed by atoms with Gasteiger partial charge in [0.15, 0.2) is 0 Å². The third-order valence-electron chi connectivity index (χ3n) is 0.766. The minimum atomic E-state index is -2.16. The Morgan fingerprint density at radius 3 is 2.62 bits per heavy atom. The van der Waals surface area contributed by atoms with Gasteiger partial charge in [-0.05, 0) is 6.08 Å². The Labute approximate surface area is 48.1 Å². The Hall–Kier alpha value is -0.770. The van der Waals surface area contributed by atoms with Crippen molar-refractivity contribution in [3.05, 3.63) is 12.3 Å². The van der Waals surface area contributed by atoms with Crippen molar-refractivity contribution in [1.82, 2.24) is 0 Å². The Morgan fingerprint density at radius 1 is 1.62 bits per heavy atom. The fraction of sp³-hybridized carbons (Fsp3) is 0.250. The summed E-state index contributed by atoms with van der Waals surface area (Å²) in [6.07, 6.45) is 3.41. The monoisotopic (exact) mass is 132 g/mol. The summed E-state index contributed by atoms with van der Waals surface area (Å²) in [4.78, 5) is 0. The van der Waals surface area contributed by atoms with E-state index in [-0.39, 0.29) is 5.05 Å². The average molecular weight is 132 g/mol. The van der Waals surface area contributed by atoms with Gasteiger partial charge in [0.05, 0.1) is 6.26 Å². The zero-order chi connectivity index (χ0) is 5.98. The third-order valence-corrected chi connectivity index (χ3v) is 1.40. The second kappa shape index (κ2) is 2.00. The molecule has 0 N–H and O–H groups in total. The van der Waals surface area contributed by atoms with Gasteiger partial charge in [-0.3, -0.25) is 0 Å².